The van der Waals surface area contributed by atoms with Crippen molar-refractivity contribution in [3.63, 3.8) is 0 Å². The minimum Gasteiger partial charge on any atom is -0.494 e. The Hall–Kier alpha value is -4.20. The number of amides is 1. The summed E-state index contributed by atoms with van der Waals surface area (Å²) >= 11 is 0. The number of carbonyl (C=O) groups is 1. The SMILES string of the molecule is CCCCOc1ccc(C(=O)Nc2ccc(Oc3ccc(-n4ccc(C)n4)nn3)cc2)cc1. The molecule has 0 saturated carbocycles. The molecule has 1 N–H and O–H groups in total. The van der Waals surface area contributed by atoms with Crippen LogP contribution in [0.25, 0.3) is 5.82 Å². The van der Waals surface area contributed by atoms with Crippen LogP contribution in [0.5, 0.6) is 17.4 Å². The number of anilines is 1. The number of ether oxygens (including phenoxy) is 2. The number of unbranched alkanes of at least 4 members (excludes halogenated alkanes) is 1. The van der Waals surface area contributed by atoms with Gasteiger partial charge in [0.15, 0.2) is 5.82 Å². The van der Waals surface area contributed by atoms with Crippen LogP contribution in [0.1, 0.15) is 35.8 Å². The largest absolute Gasteiger partial charge is 0.494 e. The Labute approximate surface area is 192 Å². The van der Waals surface area contributed by atoms with Gasteiger partial charge < -0.3 is 14.8 Å². The fourth-order valence-electron chi connectivity index (χ4n) is 3.00. The Kier molecular flexibility index (Phi) is 6.94. The molecular weight excluding hydrogens is 418 g/mol. The minimum absolute atomic E-state index is 0.195. The van der Waals surface area contributed by atoms with Gasteiger partial charge in [-0.2, -0.15) is 5.10 Å². The summed E-state index contributed by atoms with van der Waals surface area (Å²) in [5.41, 5.74) is 2.12. The minimum atomic E-state index is -0.195. The summed E-state index contributed by atoms with van der Waals surface area (Å²) in [6, 6.07) is 19.6. The van der Waals surface area contributed by atoms with Crippen LogP contribution in [0.4, 0.5) is 5.69 Å². The second-order valence-corrected chi connectivity index (χ2v) is 7.44. The van der Waals surface area contributed by atoms with Crippen molar-refractivity contribution >= 4 is 11.6 Å². The molecule has 0 aliphatic heterocycles. The van der Waals surface area contributed by atoms with Crippen molar-refractivity contribution in [3.8, 4) is 23.2 Å². The van der Waals surface area contributed by atoms with Crippen LogP contribution < -0.4 is 14.8 Å². The third-order valence-corrected chi connectivity index (χ3v) is 4.80. The maximum atomic E-state index is 12.5. The molecule has 2 aromatic heterocycles. The van der Waals surface area contributed by atoms with E-state index in [9.17, 15) is 4.79 Å². The summed E-state index contributed by atoms with van der Waals surface area (Å²) in [5.74, 6) is 2.12. The highest BCUT2D eigenvalue weighted by molar-refractivity contribution is 6.04. The third kappa shape index (κ3) is 5.94. The fraction of sp³-hybridized carbons (Fsp3) is 0.200. The van der Waals surface area contributed by atoms with Crippen LogP contribution in [0.3, 0.4) is 0 Å². The van der Waals surface area contributed by atoms with Crippen molar-refractivity contribution in [1.82, 2.24) is 20.0 Å². The van der Waals surface area contributed by atoms with Crippen LogP contribution in [0, 0.1) is 6.92 Å². The highest BCUT2D eigenvalue weighted by Gasteiger charge is 2.08. The second kappa shape index (κ2) is 10.4. The van der Waals surface area contributed by atoms with Gasteiger partial charge in [0.2, 0.25) is 5.88 Å². The van der Waals surface area contributed by atoms with Crippen molar-refractivity contribution in [3.05, 3.63) is 84.2 Å². The lowest BCUT2D eigenvalue weighted by atomic mass is 10.2. The Bertz CT molecular complexity index is 1190. The van der Waals surface area contributed by atoms with E-state index in [1.54, 1.807) is 65.3 Å². The number of hydrogen-bond acceptors (Lipinski definition) is 6. The van der Waals surface area contributed by atoms with E-state index < -0.39 is 0 Å². The molecule has 0 spiro atoms. The van der Waals surface area contributed by atoms with Gasteiger partial charge in [0.1, 0.15) is 11.5 Å². The molecule has 0 fully saturated rings. The summed E-state index contributed by atoms with van der Waals surface area (Å²) in [5, 5.41) is 15.4. The van der Waals surface area contributed by atoms with Gasteiger partial charge >= 0.3 is 0 Å². The van der Waals surface area contributed by atoms with Gasteiger partial charge in [-0.1, -0.05) is 13.3 Å². The molecule has 0 saturated heterocycles. The average molecular weight is 444 g/mol. The van der Waals surface area contributed by atoms with Crippen molar-refractivity contribution in [2.24, 2.45) is 0 Å². The molecule has 4 rings (SSSR count). The molecule has 2 heterocycles. The van der Waals surface area contributed by atoms with Gasteiger partial charge in [-0.3, -0.25) is 4.79 Å². The Morgan fingerprint density at radius 2 is 1.70 bits per heavy atom. The van der Waals surface area contributed by atoms with E-state index in [4.69, 9.17) is 9.47 Å². The van der Waals surface area contributed by atoms with Crippen molar-refractivity contribution in [2.45, 2.75) is 26.7 Å². The summed E-state index contributed by atoms with van der Waals surface area (Å²) in [6.45, 7) is 4.70. The first kappa shape index (κ1) is 22.0. The molecule has 4 aromatic rings. The number of aromatic nitrogens is 4. The van der Waals surface area contributed by atoms with E-state index in [-0.39, 0.29) is 5.91 Å². The number of nitrogens with zero attached hydrogens (tertiary/aromatic N) is 4. The van der Waals surface area contributed by atoms with E-state index in [1.165, 1.54) is 0 Å². The molecule has 33 heavy (non-hydrogen) atoms. The lowest BCUT2D eigenvalue weighted by molar-refractivity contribution is 0.102. The maximum absolute atomic E-state index is 12.5. The molecular formula is C25H25N5O3. The number of rotatable bonds is 9. The summed E-state index contributed by atoms with van der Waals surface area (Å²) in [7, 11) is 0. The molecule has 0 bridgehead atoms. The van der Waals surface area contributed by atoms with E-state index in [2.05, 4.69) is 27.5 Å². The van der Waals surface area contributed by atoms with Crippen LogP contribution in [0.15, 0.2) is 72.9 Å². The molecule has 1 amide bonds. The molecule has 0 radical (unpaired) electrons. The van der Waals surface area contributed by atoms with Gasteiger partial charge in [0, 0.05) is 23.5 Å². The normalized spacial score (nSPS) is 10.6. The van der Waals surface area contributed by atoms with Gasteiger partial charge in [-0.15, -0.1) is 10.2 Å². The first-order chi connectivity index (χ1) is 16.1. The predicted octanol–water partition coefficient (Wildman–Crippen LogP) is 5.19. The molecule has 8 heteroatoms. The third-order valence-electron chi connectivity index (χ3n) is 4.80. The fourth-order valence-corrected chi connectivity index (χ4v) is 3.00. The van der Waals surface area contributed by atoms with Crippen LogP contribution >= 0.6 is 0 Å². The average Bonchev–Trinajstić information content (AvgIpc) is 3.28. The summed E-state index contributed by atoms with van der Waals surface area (Å²) in [6.07, 6.45) is 3.91. The molecule has 8 nitrogen and oxygen atoms in total. The van der Waals surface area contributed by atoms with Gasteiger partial charge in [0.25, 0.3) is 5.91 Å². The quantitative estimate of drug-likeness (QED) is 0.358. The Balaban J connectivity index is 1.32. The Morgan fingerprint density at radius 1 is 0.939 bits per heavy atom. The van der Waals surface area contributed by atoms with E-state index in [1.807, 2.05) is 19.2 Å². The number of benzene rings is 2. The molecule has 2 aromatic carbocycles. The molecule has 0 aliphatic rings. The molecule has 0 aliphatic carbocycles. The van der Waals surface area contributed by atoms with E-state index in [0.29, 0.717) is 35.3 Å². The van der Waals surface area contributed by atoms with Crippen molar-refractivity contribution in [1.29, 1.82) is 0 Å². The number of carbonyl (C=O) groups excluding carboxylic acids is 1. The first-order valence-corrected chi connectivity index (χ1v) is 10.8. The molecule has 168 valence electrons. The summed E-state index contributed by atoms with van der Waals surface area (Å²) in [4.78, 5) is 12.5. The van der Waals surface area contributed by atoms with Crippen molar-refractivity contribution in [2.75, 3.05) is 11.9 Å². The zero-order chi connectivity index (χ0) is 23.0. The summed E-state index contributed by atoms with van der Waals surface area (Å²) < 4.78 is 13.0. The smallest absolute Gasteiger partial charge is 0.255 e. The lowest BCUT2D eigenvalue weighted by Gasteiger charge is -2.09. The molecule has 0 unspecified atom stereocenters. The zero-order valence-corrected chi connectivity index (χ0v) is 18.6. The van der Waals surface area contributed by atoms with Gasteiger partial charge in [0.05, 0.1) is 12.3 Å². The standard InChI is InChI=1S/C25H25N5O3/c1-3-4-17-32-21-9-5-19(6-10-21)25(31)26-20-7-11-22(12-8-20)33-24-14-13-23(27-28-24)30-16-15-18(2)29-30/h5-16H,3-4,17H2,1-2H3,(H,26,31). The highest BCUT2D eigenvalue weighted by atomic mass is 16.5. The highest BCUT2D eigenvalue weighted by Crippen LogP contribution is 2.22. The second-order valence-electron chi connectivity index (χ2n) is 7.44. The number of aryl methyl sites for hydroxylation is 1. The van der Waals surface area contributed by atoms with E-state index in [0.717, 1.165) is 24.3 Å². The van der Waals surface area contributed by atoms with Gasteiger partial charge in [-0.25, -0.2) is 4.68 Å². The van der Waals surface area contributed by atoms with E-state index >= 15 is 0 Å². The van der Waals surface area contributed by atoms with Crippen LogP contribution in [0.2, 0.25) is 0 Å². The number of nitrogens with one attached hydrogen (secondary N) is 1. The van der Waals surface area contributed by atoms with Crippen LogP contribution in [-0.2, 0) is 0 Å². The monoisotopic (exact) mass is 443 g/mol. The predicted molar refractivity (Wildman–Crippen MR) is 125 cm³/mol. The van der Waals surface area contributed by atoms with Crippen molar-refractivity contribution < 1.29 is 14.3 Å². The molecule has 0 atom stereocenters. The first-order valence-electron chi connectivity index (χ1n) is 10.8. The van der Waals surface area contributed by atoms with Crippen LogP contribution in [-0.4, -0.2) is 32.5 Å². The lowest BCUT2D eigenvalue weighted by Crippen LogP contribution is -2.11. The number of hydrogen-bond donors (Lipinski definition) is 1. The van der Waals surface area contributed by atoms with Gasteiger partial charge in [-0.05, 0) is 74.0 Å². The Morgan fingerprint density at radius 3 is 2.33 bits per heavy atom. The topological polar surface area (TPSA) is 91.2 Å². The zero-order valence-electron chi connectivity index (χ0n) is 18.6. The maximum Gasteiger partial charge on any atom is 0.255 e.